The van der Waals surface area contributed by atoms with Crippen molar-refractivity contribution < 1.29 is 18.0 Å². The lowest BCUT2D eigenvalue weighted by atomic mass is 9.91. The molecule has 1 unspecified atom stereocenters. The van der Waals surface area contributed by atoms with Crippen LogP contribution in [0, 0.1) is 17.2 Å². The number of fused-ring (bicyclic) bond motifs is 3. The van der Waals surface area contributed by atoms with E-state index in [-0.39, 0.29) is 61.1 Å². The fourth-order valence-corrected chi connectivity index (χ4v) is 8.43. The van der Waals surface area contributed by atoms with Gasteiger partial charge in [-0.05, 0) is 52.1 Å². The number of halogens is 1. The standard InChI is InChI=1S/C34H43N5O4S.ClH/c1-22(2)30(39-44(42,43)21-24-8-4-3-5-9-24)32(40)38-34(33(41)37-20-23-12-14-26(15-13-23)31(35)36)18-27-17-16-25-10-6-7-11-28(25)29(27)19-34;/h6-7,10-17,22,24,30,39H,3-5,8-9,18-21H2,1-2H3,(H3,35,36)(H,37,41)(H,38,40);1H/t30-,34?;/m1./s1. The third kappa shape index (κ3) is 8.04. The van der Waals surface area contributed by atoms with Crippen molar-refractivity contribution in [3.05, 3.63) is 82.9 Å². The Balaban J connectivity index is 0.00000461. The first-order chi connectivity index (χ1) is 21.0. The highest BCUT2D eigenvalue weighted by atomic mass is 35.5. The van der Waals surface area contributed by atoms with Crippen LogP contribution in [0.4, 0.5) is 0 Å². The zero-order chi connectivity index (χ0) is 31.5. The van der Waals surface area contributed by atoms with Crippen molar-refractivity contribution in [3.8, 4) is 0 Å². The van der Waals surface area contributed by atoms with Crippen molar-refractivity contribution in [1.82, 2.24) is 15.4 Å². The Kier molecular flexibility index (Phi) is 10.9. The van der Waals surface area contributed by atoms with Crippen LogP contribution in [0.1, 0.15) is 68.2 Å². The molecule has 2 aliphatic rings. The van der Waals surface area contributed by atoms with Crippen molar-refractivity contribution in [2.75, 3.05) is 5.75 Å². The molecule has 0 aliphatic heterocycles. The minimum Gasteiger partial charge on any atom is -0.384 e. The average molecular weight is 654 g/mol. The highest BCUT2D eigenvalue weighted by molar-refractivity contribution is 7.89. The Hall–Kier alpha value is -3.47. The maximum absolute atomic E-state index is 14.1. The molecule has 0 heterocycles. The normalized spacial score (nSPS) is 19.0. The number of sulfonamides is 1. The van der Waals surface area contributed by atoms with Crippen LogP contribution in [0.2, 0.25) is 0 Å². The summed E-state index contributed by atoms with van der Waals surface area (Å²) in [5.41, 5.74) is 7.66. The summed E-state index contributed by atoms with van der Waals surface area (Å²) < 4.78 is 29.1. The Labute approximate surface area is 272 Å². The predicted molar refractivity (Wildman–Crippen MR) is 181 cm³/mol. The first kappa shape index (κ1) is 34.4. The third-order valence-corrected chi connectivity index (χ3v) is 10.6. The van der Waals surface area contributed by atoms with Gasteiger partial charge in [-0.15, -0.1) is 12.4 Å². The number of amides is 2. The van der Waals surface area contributed by atoms with Gasteiger partial charge in [-0.2, -0.15) is 0 Å². The summed E-state index contributed by atoms with van der Waals surface area (Å²) in [7, 11) is -3.72. The molecule has 11 heteroatoms. The molecule has 3 aromatic carbocycles. The molecule has 0 saturated heterocycles. The Bertz CT molecular complexity index is 1650. The fourth-order valence-electron chi connectivity index (χ4n) is 6.62. The molecule has 45 heavy (non-hydrogen) atoms. The maximum Gasteiger partial charge on any atom is 0.246 e. The number of amidine groups is 1. The third-order valence-electron chi connectivity index (χ3n) is 9.06. The van der Waals surface area contributed by atoms with E-state index in [2.05, 4.69) is 15.4 Å². The van der Waals surface area contributed by atoms with Crippen LogP contribution in [0.3, 0.4) is 0 Å². The van der Waals surface area contributed by atoms with Crippen LogP contribution >= 0.6 is 12.4 Å². The van der Waals surface area contributed by atoms with Crippen molar-refractivity contribution in [2.24, 2.45) is 17.6 Å². The minimum absolute atomic E-state index is 0. The zero-order valence-corrected chi connectivity index (χ0v) is 27.5. The molecular weight excluding hydrogens is 610 g/mol. The van der Waals surface area contributed by atoms with Gasteiger partial charge in [0.15, 0.2) is 0 Å². The highest BCUT2D eigenvalue weighted by Crippen LogP contribution is 2.36. The number of rotatable bonds is 11. The number of nitrogens with one attached hydrogen (secondary N) is 4. The molecule has 1 saturated carbocycles. The van der Waals surface area contributed by atoms with Gasteiger partial charge >= 0.3 is 0 Å². The van der Waals surface area contributed by atoms with Crippen LogP contribution in [-0.2, 0) is 39.0 Å². The molecule has 242 valence electrons. The molecule has 2 atom stereocenters. The molecule has 1 fully saturated rings. The summed E-state index contributed by atoms with van der Waals surface area (Å²) in [6, 6.07) is 18.0. The van der Waals surface area contributed by atoms with Crippen molar-refractivity contribution in [2.45, 2.75) is 76.9 Å². The van der Waals surface area contributed by atoms with Crippen molar-refractivity contribution in [1.29, 1.82) is 5.41 Å². The van der Waals surface area contributed by atoms with Gasteiger partial charge in [0.1, 0.15) is 17.4 Å². The SMILES string of the molecule is CC(C)[C@@H](NS(=O)(=O)CC1CCCCC1)C(=O)NC1(C(=O)NCc2ccc(C(=N)N)cc2)Cc2ccc3ccccc3c2C1.Cl. The van der Waals surface area contributed by atoms with E-state index in [1.165, 1.54) is 0 Å². The molecular formula is C34H44ClN5O4S. The lowest BCUT2D eigenvalue weighted by Crippen LogP contribution is -2.63. The molecule has 9 nitrogen and oxygen atoms in total. The quantitative estimate of drug-likeness (QED) is 0.154. The number of hydrogen-bond donors (Lipinski definition) is 5. The monoisotopic (exact) mass is 653 g/mol. The molecule has 0 radical (unpaired) electrons. The minimum atomic E-state index is -3.72. The van der Waals surface area contributed by atoms with E-state index in [0.29, 0.717) is 5.56 Å². The summed E-state index contributed by atoms with van der Waals surface area (Å²) >= 11 is 0. The van der Waals surface area contributed by atoms with Gasteiger partial charge in [0.2, 0.25) is 21.8 Å². The Morgan fingerprint density at radius 2 is 1.67 bits per heavy atom. The maximum atomic E-state index is 14.1. The lowest BCUT2D eigenvalue weighted by molar-refractivity contribution is -0.134. The van der Waals surface area contributed by atoms with E-state index in [1.807, 2.05) is 50.2 Å². The summed E-state index contributed by atoms with van der Waals surface area (Å²) in [5, 5.41) is 15.8. The van der Waals surface area contributed by atoms with E-state index in [1.54, 1.807) is 24.3 Å². The highest BCUT2D eigenvalue weighted by Gasteiger charge is 2.47. The van der Waals surface area contributed by atoms with Crippen LogP contribution < -0.4 is 21.1 Å². The number of carbonyl (C=O) groups is 2. The molecule has 0 aromatic heterocycles. The Morgan fingerprint density at radius 3 is 2.33 bits per heavy atom. The van der Waals surface area contributed by atoms with Crippen LogP contribution in [0.5, 0.6) is 0 Å². The summed E-state index contributed by atoms with van der Waals surface area (Å²) in [6.07, 6.45) is 5.52. The van der Waals surface area contributed by atoms with E-state index < -0.39 is 27.5 Å². The number of nitrogen functional groups attached to an aromatic ring is 1. The molecule has 2 amide bonds. The predicted octanol–water partition coefficient (Wildman–Crippen LogP) is 4.34. The van der Waals surface area contributed by atoms with Gasteiger partial charge in [-0.25, -0.2) is 13.1 Å². The van der Waals surface area contributed by atoms with Gasteiger partial charge in [-0.3, -0.25) is 15.0 Å². The van der Waals surface area contributed by atoms with Gasteiger partial charge in [0, 0.05) is 24.9 Å². The smallest absolute Gasteiger partial charge is 0.246 e. The second-order valence-corrected chi connectivity index (χ2v) is 14.6. The molecule has 5 rings (SSSR count). The number of nitrogens with two attached hydrogens (primary N) is 1. The number of benzene rings is 3. The Morgan fingerprint density at radius 1 is 0.978 bits per heavy atom. The van der Waals surface area contributed by atoms with E-state index in [0.717, 1.165) is 59.6 Å². The second kappa shape index (κ2) is 14.3. The topological polar surface area (TPSA) is 154 Å². The van der Waals surface area contributed by atoms with E-state index >= 15 is 0 Å². The fraction of sp³-hybridized carbons (Fsp3) is 0.441. The molecule has 0 bridgehead atoms. The molecule has 2 aliphatic carbocycles. The van der Waals surface area contributed by atoms with Gasteiger partial charge in [0.25, 0.3) is 0 Å². The lowest BCUT2D eigenvalue weighted by Gasteiger charge is -2.32. The second-order valence-electron chi connectivity index (χ2n) is 12.8. The summed E-state index contributed by atoms with van der Waals surface area (Å²) in [4.78, 5) is 28.0. The van der Waals surface area contributed by atoms with E-state index in [4.69, 9.17) is 11.1 Å². The van der Waals surface area contributed by atoms with Crippen molar-refractivity contribution in [3.63, 3.8) is 0 Å². The zero-order valence-electron chi connectivity index (χ0n) is 25.9. The van der Waals surface area contributed by atoms with Crippen molar-refractivity contribution >= 4 is 50.9 Å². The largest absolute Gasteiger partial charge is 0.384 e. The summed E-state index contributed by atoms with van der Waals surface area (Å²) in [6.45, 7) is 3.83. The van der Waals surface area contributed by atoms with Crippen LogP contribution in [0.25, 0.3) is 10.8 Å². The molecule has 0 spiro atoms. The van der Waals surface area contributed by atoms with E-state index in [9.17, 15) is 18.0 Å². The first-order valence-corrected chi connectivity index (χ1v) is 17.1. The van der Waals surface area contributed by atoms with Gasteiger partial charge in [0.05, 0.1) is 5.75 Å². The van der Waals surface area contributed by atoms with Gasteiger partial charge < -0.3 is 16.4 Å². The number of carbonyl (C=O) groups excluding carboxylic acids is 2. The van der Waals surface area contributed by atoms with Crippen LogP contribution in [0.15, 0.2) is 60.7 Å². The summed E-state index contributed by atoms with van der Waals surface area (Å²) in [5.74, 6) is -1.11. The first-order valence-electron chi connectivity index (χ1n) is 15.5. The molecule has 6 N–H and O–H groups in total. The molecule has 3 aromatic rings. The average Bonchev–Trinajstić information content (AvgIpc) is 3.39. The van der Waals surface area contributed by atoms with Gasteiger partial charge in [-0.1, -0.05) is 93.8 Å². The number of hydrogen-bond acceptors (Lipinski definition) is 5. The van der Waals surface area contributed by atoms with Crippen LogP contribution in [-0.4, -0.2) is 43.4 Å².